The molecule has 1 saturated heterocycles. The van der Waals surface area contributed by atoms with Gasteiger partial charge in [-0.3, -0.25) is 10.1 Å². The quantitative estimate of drug-likeness (QED) is 0.499. The third kappa shape index (κ3) is 4.75. The number of aryl methyl sites for hydroxylation is 1. The van der Waals surface area contributed by atoms with Crippen LogP contribution < -0.4 is 5.32 Å². The van der Waals surface area contributed by atoms with Gasteiger partial charge in [-0.15, -0.1) is 16.4 Å². The molecule has 0 saturated carbocycles. The van der Waals surface area contributed by atoms with Gasteiger partial charge in [-0.2, -0.15) is 4.31 Å². The molecule has 0 radical (unpaired) electrons. The predicted molar refractivity (Wildman–Crippen MR) is 116 cm³/mol. The van der Waals surface area contributed by atoms with E-state index in [1.54, 1.807) is 29.6 Å². The molecule has 32 heavy (non-hydrogen) atoms. The van der Waals surface area contributed by atoms with E-state index >= 15 is 0 Å². The predicted octanol–water partition coefficient (Wildman–Crippen LogP) is 1.94. The molecule has 1 aromatic carbocycles. The molecule has 13 heteroatoms. The summed E-state index contributed by atoms with van der Waals surface area (Å²) in [6.07, 6.45) is 0.893. The molecule has 170 valence electrons. The van der Waals surface area contributed by atoms with Crippen LogP contribution in [0.25, 0.3) is 0 Å². The number of sulfonamides is 1. The fourth-order valence-corrected chi connectivity index (χ4v) is 7.40. The van der Waals surface area contributed by atoms with Crippen LogP contribution in [0.15, 0.2) is 61.4 Å². The summed E-state index contributed by atoms with van der Waals surface area (Å²) in [6, 6.07) is 10.1. The molecule has 1 unspecified atom stereocenters. The second-order valence-electron chi connectivity index (χ2n) is 7.08. The molecule has 1 aliphatic rings. The van der Waals surface area contributed by atoms with Gasteiger partial charge in [0.1, 0.15) is 10.3 Å². The number of aromatic nitrogens is 2. The van der Waals surface area contributed by atoms with Gasteiger partial charge in [-0.05, 0) is 36.4 Å². The summed E-state index contributed by atoms with van der Waals surface area (Å²) in [5, 5.41) is 11.6. The van der Waals surface area contributed by atoms with Crippen LogP contribution in [-0.2, 0) is 31.1 Å². The Bertz CT molecular complexity index is 1290. The number of amides is 1. The molecular formula is C19H20N4O6S3. The van der Waals surface area contributed by atoms with Gasteiger partial charge in [0.05, 0.1) is 10.6 Å². The summed E-state index contributed by atoms with van der Waals surface area (Å²) in [6.45, 7) is 0.241. The highest BCUT2D eigenvalue weighted by Crippen LogP contribution is 2.29. The van der Waals surface area contributed by atoms with Crippen molar-refractivity contribution < 1.29 is 26.0 Å². The molecule has 1 atom stereocenters. The number of carbonyl (C=O) groups is 1. The molecule has 4 rings (SSSR count). The highest BCUT2D eigenvalue weighted by molar-refractivity contribution is 7.91. The average Bonchev–Trinajstić information content (AvgIpc) is 3.55. The molecule has 0 aliphatic carbocycles. The van der Waals surface area contributed by atoms with E-state index in [0.717, 1.165) is 11.3 Å². The molecule has 1 amide bonds. The topological polar surface area (TPSA) is 140 Å². The summed E-state index contributed by atoms with van der Waals surface area (Å²) in [5.74, 6) is -0.758. The Kier molecular flexibility index (Phi) is 6.42. The Balaban J connectivity index is 1.39. The molecule has 2 aromatic heterocycles. The second-order valence-corrected chi connectivity index (χ2v) is 12.3. The minimum Gasteiger partial charge on any atom is -0.408 e. The first-order chi connectivity index (χ1) is 15.3. The van der Waals surface area contributed by atoms with Crippen molar-refractivity contribution in [1.29, 1.82) is 0 Å². The summed E-state index contributed by atoms with van der Waals surface area (Å²) >= 11 is 1.09. The normalized spacial score (nSPS) is 17.4. The zero-order valence-corrected chi connectivity index (χ0v) is 19.2. The fourth-order valence-electron chi connectivity index (χ4n) is 3.38. The van der Waals surface area contributed by atoms with Crippen LogP contribution in [0.4, 0.5) is 6.01 Å². The number of hydrogen-bond donors (Lipinski definition) is 1. The third-order valence-corrected chi connectivity index (χ3v) is 9.96. The summed E-state index contributed by atoms with van der Waals surface area (Å²) < 4.78 is 57.1. The van der Waals surface area contributed by atoms with Gasteiger partial charge in [0.25, 0.3) is 10.0 Å². The van der Waals surface area contributed by atoms with Crippen LogP contribution >= 0.6 is 11.3 Å². The van der Waals surface area contributed by atoms with E-state index in [-0.39, 0.29) is 39.7 Å². The Morgan fingerprint density at radius 2 is 1.91 bits per heavy atom. The van der Waals surface area contributed by atoms with E-state index in [1.807, 2.05) is 0 Å². The number of nitrogens with one attached hydrogen (secondary N) is 1. The van der Waals surface area contributed by atoms with Gasteiger partial charge in [0, 0.05) is 13.0 Å². The van der Waals surface area contributed by atoms with Gasteiger partial charge in [-0.25, -0.2) is 16.8 Å². The maximum Gasteiger partial charge on any atom is 0.322 e. The Hall–Kier alpha value is -2.61. The van der Waals surface area contributed by atoms with E-state index in [1.165, 1.54) is 22.5 Å². The van der Waals surface area contributed by atoms with Crippen LogP contribution in [0.2, 0.25) is 0 Å². The smallest absolute Gasteiger partial charge is 0.322 e. The minimum atomic E-state index is -3.77. The number of hydrogen-bond acceptors (Lipinski definition) is 9. The first-order valence-corrected chi connectivity index (χ1v) is 13.7. The summed E-state index contributed by atoms with van der Waals surface area (Å²) in [7, 11) is -7.29. The summed E-state index contributed by atoms with van der Waals surface area (Å²) in [5.41, 5.74) is 0. The number of sulfone groups is 1. The molecular weight excluding hydrogens is 476 g/mol. The van der Waals surface area contributed by atoms with E-state index in [9.17, 15) is 21.6 Å². The number of anilines is 1. The van der Waals surface area contributed by atoms with Crippen LogP contribution in [0.1, 0.15) is 18.7 Å². The molecule has 0 bridgehead atoms. The fraction of sp³-hybridized carbons (Fsp3) is 0.316. The van der Waals surface area contributed by atoms with Gasteiger partial charge in [-0.1, -0.05) is 29.4 Å². The number of benzene rings is 1. The van der Waals surface area contributed by atoms with E-state index in [2.05, 4.69) is 15.5 Å². The van der Waals surface area contributed by atoms with Crippen molar-refractivity contribution in [3.05, 3.63) is 53.7 Å². The van der Waals surface area contributed by atoms with Crippen LogP contribution in [0.3, 0.4) is 0 Å². The van der Waals surface area contributed by atoms with Crippen LogP contribution in [-0.4, -0.2) is 55.6 Å². The van der Waals surface area contributed by atoms with Crippen molar-refractivity contribution in [1.82, 2.24) is 14.5 Å². The highest BCUT2D eigenvalue weighted by Gasteiger charge is 2.40. The van der Waals surface area contributed by atoms with Crippen molar-refractivity contribution in [2.75, 3.05) is 17.6 Å². The maximum absolute atomic E-state index is 12.8. The molecule has 3 heterocycles. The lowest BCUT2D eigenvalue weighted by atomic mass is 10.2. The van der Waals surface area contributed by atoms with Gasteiger partial charge < -0.3 is 4.42 Å². The van der Waals surface area contributed by atoms with E-state index < -0.39 is 31.8 Å². The van der Waals surface area contributed by atoms with Crippen molar-refractivity contribution in [3.8, 4) is 0 Å². The van der Waals surface area contributed by atoms with Gasteiger partial charge >= 0.3 is 6.01 Å². The van der Waals surface area contributed by atoms with E-state index in [0.29, 0.717) is 12.8 Å². The third-order valence-electron chi connectivity index (χ3n) is 4.95. The van der Waals surface area contributed by atoms with Crippen LogP contribution in [0, 0.1) is 0 Å². The maximum atomic E-state index is 12.8. The first-order valence-electron chi connectivity index (χ1n) is 9.74. The second kappa shape index (κ2) is 9.10. The van der Waals surface area contributed by atoms with Crippen molar-refractivity contribution in [2.24, 2.45) is 0 Å². The Labute approximate surface area is 189 Å². The molecule has 1 aliphatic heterocycles. The molecule has 0 spiro atoms. The van der Waals surface area contributed by atoms with Crippen molar-refractivity contribution in [2.45, 2.75) is 34.4 Å². The zero-order chi connectivity index (χ0) is 22.8. The molecule has 1 fully saturated rings. The minimum absolute atomic E-state index is 0.0254. The Morgan fingerprint density at radius 1 is 1.12 bits per heavy atom. The van der Waals surface area contributed by atoms with E-state index in [4.69, 9.17) is 4.42 Å². The van der Waals surface area contributed by atoms with Crippen LogP contribution in [0.5, 0.6) is 0 Å². The SMILES string of the molecule is O=C(Nc1nnc(CCS(=O)(=O)c2ccccc2)o1)C1CCCN1S(=O)(=O)c1cccs1. The molecule has 1 N–H and O–H groups in total. The van der Waals surface area contributed by atoms with Crippen molar-refractivity contribution in [3.63, 3.8) is 0 Å². The van der Waals surface area contributed by atoms with Gasteiger partial charge in [0.15, 0.2) is 9.84 Å². The number of carbonyl (C=O) groups excluding carboxylic acids is 1. The lowest BCUT2D eigenvalue weighted by Crippen LogP contribution is -2.42. The van der Waals surface area contributed by atoms with Gasteiger partial charge in [0.2, 0.25) is 11.8 Å². The molecule has 10 nitrogen and oxygen atoms in total. The first kappa shape index (κ1) is 22.6. The zero-order valence-electron chi connectivity index (χ0n) is 16.7. The largest absolute Gasteiger partial charge is 0.408 e. The molecule has 3 aromatic rings. The summed E-state index contributed by atoms with van der Waals surface area (Å²) in [4.78, 5) is 12.9. The Morgan fingerprint density at radius 3 is 2.62 bits per heavy atom. The lowest BCUT2D eigenvalue weighted by molar-refractivity contribution is -0.119. The highest BCUT2D eigenvalue weighted by atomic mass is 32.2. The number of thiophene rings is 1. The van der Waals surface area contributed by atoms with Crippen molar-refractivity contribution >= 4 is 43.1 Å². The number of nitrogens with zero attached hydrogens (tertiary/aromatic N) is 3. The average molecular weight is 497 g/mol. The standard InChI is InChI=1S/C19H20N4O6S3/c24-18(15-8-4-11-23(15)32(27,28)17-9-5-12-30-17)20-19-22-21-16(29-19)10-13-31(25,26)14-6-2-1-3-7-14/h1-3,5-7,9,12,15H,4,8,10-11,13H2,(H,20,22,24). The lowest BCUT2D eigenvalue weighted by Gasteiger charge is -2.21. The number of rotatable bonds is 8. The monoisotopic (exact) mass is 496 g/mol.